The number of alkyl halides is 3. The predicted octanol–water partition coefficient (Wildman–Crippen LogP) is 4.67. The first-order chi connectivity index (χ1) is 9.91. The highest BCUT2D eigenvalue weighted by molar-refractivity contribution is 9.10. The van der Waals surface area contributed by atoms with E-state index in [1.54, 1.807) is 7.11 Å². The van der Waals surface area contributed by atoms with Gasteiger partial charge in [0, 0.05) is 12.6 Å². The topological polar surface area (TPSA) is 21.3 Å². The minimum Gasteiger partial charge on any atom is -0.496 e. The zero-order valence-electron chi connectivity index (χ0n) is 11.8. The second-order valence-corrected chi connectivity index (χ2v) is 6.24. The number of hydrogen-bond acceptors (Lipinski definition) is 2. The van der Waals surface area contributed by atoms with Crippen LogP contribution in [0.25, 0.3) is 0 Å². The second-order valence-electron chi connectivity index (χ2n) is 5.39. The van der Waals surface area contributed by atoms with Crippen molar-refractivity contribution in [1.29, 1.82) is 0 Å². The Morgan fingerprint density at radius 3 is 2.62 bits per heavy atom. The van der Waals surface area contributed by atoms with Crippen molar-refractivity contribution in [3.8, 4) is 5.75 Å². The Hall–Kier alpha value is -0.750. The minimum atomic E-state index is -4.11. The van der Waals surface area contributed by atoms with Gasteiger partial charge in [-0.05, 0) is 46.5 Å². The molecule has 0 heterocycles. The Morgan fingerprint density at radius 2 is 2.00 bits per heavy atom. The molecule has 21 heavy (non-hydrogen) atoms. The first-order valence-corrected chi connectivity index (χ1v) is 7.83. The molecule has 1 N–H and O–H groups in total. The average molecular weight is 366 g/mol. The maximum Gasteiger partial charge on any atom is 0.393 e. The van der Waals surface area contributed by atoms with E-state index in [1.807, 2.05) is 18.2 Å². The van der Waals surface area contributed by atoms with E-state index in [0.717, 1.165) is 16.5 Å². The highest BCUT2D eigenvalue weighted by atomic mass is 79.9. The highest BCUT2D eigenvalue weighted by Gasteiger charge is 2.45. The monoisotopic (exact) mass is 365 g/mol. The molecule has 1 saturated carbocycles. The third-order valence-electron chi connectivity index (χ3n) is 3.97. The van der Waals surface area contributed by atoms with Crippen LogP contribution in [0.3, 0.4) is 0 Å². The van der Waals surface area contributed by atoms with Gasteiger partial charge in [-0.3, -0.25) is 0 Å². The van der Waals surface area contributed by atoms with E-state index in [-0.39, 0.29) is 6.42 Å². The number of nitrogens with one attached hydrogen (secondary N) is 1. The normalized spacial score (nSPS) is 23.1. The highest BCUT2D eigenvalue weighted by Crippen LogP contribution is 2.38. The number of hydrogen-bond donors (Lipinski definition) is 1. The molecule has 0 bridgehead atoms. The van der Waals surface area contributed by atoms with Gasteiger partial charge in [0.2, 0.25) is 0 Å². The third-order valence-corrected chi connectivity index (χ3v) is 4.59. The molecule has 0 radical (unpaired) electrons. The molecule has 6 heteroatoms. The lowest BCUT2D eigenvalue weighted by atomic mass is 9.84. The first kappa shape index (κ1) is 16.6. The molecule has 1 fully saturated rings. The molecule has 1 aromatic rings. The number of rotatable bonds is 4. The summed E-state index contributed by atoms with van der Waals surface area (Å²) in [6, 6.07) is 5.06. The molecule has 0 spiro atoms. The Balaban J connectivity index is 1.99. The molecule has 0 aliphatic heterocycles. The van der Waals surface area contributed by atoms with Crippen LogP contribution < -0.4 is 10.1 Å². The van der Waals surface area contributed by atoms with Gasteiger partial charge in [0.25, 0.3) is 0 Å². The molecular weight excluding hydrogens is 347 g/mol. The van der Waals surface area contributed by atoms with Crippen molar-refractivity contribution in [1.82, 2.24) is 5.32 Å². The molecule has 2 rings (SSSR count). The second kappa shape index (κ2) is 7.01. The number of ether oxygens (including phenoxy) is 1. The fourth-order valence-electron chi connectivity index (χ4n) is 2.84. The average Bonchev–Trinajstić information content (AvgIpc) is 2.44. The minimum absolute atomic E-state index is 0.230. The van der Waals surface area contributed by atoms with Gasteiger partial charge in [0.05, 0.1) is 17.5 Å². The lowest BCUT2D eigenvalue weighted by molar-refractivity contribution is -0.189. The Bertz CT molecular complexity index is 478. The quantitative estimate of drug-likeness (QED) is 0.836. The van der Waals surface area contributed by atoms with E-state index in [0.29, 0.717) is 25.1 Å². The van der Waals surface area contributed by atoms with Crippen LogP contribution in [-0.4, -0.2) is 19.3 Å². The Labute approximate surface area is 131 Å². The third kappa shape index (κ3) is 4.36. The van der Waals surface area contributed by atoms with Gasteiger partial charge >= 0.3 is 6.18 Å². The van der Waals surface area contributed by atoms with Crippen molar-refractivity contribution in [2.24, 2.45) is 5.92 Å². The molecule has 0 saturated heterocycles. The van der Waals surface area contributed by atoms with E-state index in [1.165, 1.54) is 0 Å². The zero-order valence-corrected chi connectivity index (χ0v) is 13.4. The maximum atomic E-state index is 13.0. The van der Waals surface area contributed by atoms with Gasteiger partial charge in [0.15, 0.2) is 0 Å². The van der Waals surface area contributed by atoms with Crippen molar-refractivity contribution in [2.45, 2.75) is 44.4 Å². The molecule has 0 amide bonds. The summed E-state index contributed by atoms with van der Waals surface area (Å²) in [5.74, 6) is -0.516. The van der Waals surface area contributed by atoms with E-state index < -0.39 is 18.1 Å². The SMILES string of the molecule is COc1ccc(CNC2CCCCC2C(F)(F)F)cc1Br. The van der Waals surface area contributed by atoms with E-state index in [9.17, 15) is 13.2 Å². The zero-order chi connectivity index (χ0) is 15.5. The standard InChI is InChI=1S/C15H19BrF3NO/c1-21-14-7-6-10(8-12(14)16)9-20-13-5-3-2-4-11(13)15(17,18)19/h6-8,11,13,20H,2-5,9H2,1H3. The maximum absolute atomic E-state index is 13.0. The fraction of sp³-hybridized carbons (Fsp3) is 0.600. The molecular formula is C15H19BrF3NO. The van der Waals surface area contributed by atoms with Crippen LogP contribution in [0.4, 0.5) is 13.2 Å². The molecule has 118 valence electrons. The predicted molar refractivity (Wildman–Crippen MR) is 79.3 cm³/mol. The van der Waals surface area contributed by atoms with Crippen molar-refractivity contribution < 1.29 is 17.9 Å². The molecule has 1 aromatic carbocycles. The van der Waals surface area contributed by atoms with Crippen LogP contribution in [0.1, 0.15) is 31.2 Å². The van der Waals surface area contributed by atoms with Crippen molar-refractivity contribution >= 4 is 15.9 Å². The summed E-state index contributed by atoms with van der Waals surface area (Å²) in [5.41, 5.74) is 0.939. The van der Waals surface area contributed by atoms with Crippen molar-refractivity contribution in [3.05, 3.63) is 28.2 Å². The summed E-state index contributed by atoms with van der Waals surface area (Å²) in [6.07, 6.45) is -1.78. The van der Waals surface area contributed by atoms with Crippen LogP contribution in [0.5, 0.6) is 5.75 Å². The Morgan fingerprint density at radius 1 is 1.29 bits per heavy atom. The van der Waals surface area contributed by atoms with Gasteiger partial charge in [-0.2, -0.15) is 13.2 Å². The van der Waals surface area contributed by atoms with Gasteiger partial charge in [-0.15, -0.1) is 0 Å². The summed E-state index contributed by atoms with van der Waals surface area (Å²) in [5, 5.41) is 3.08. The molecule has 1 aliphatic rings. The van der Waals surface area contributed by atoms with Crippen LogP contribution >= 0.6 is 15.9 Å². The molecule has 0 aromatic heterocycles. The molecule has 2 nitrogen and oxygen atoms in total. The number of benzene rings is 1. The number of halogens is 4. The van der Waals surface area contributed by atoms with Crippen molar-refractivity contribution in [2.75, 3.05) is 7.11 Å². The first-order valence-electron chi connectivity index (χ1n) is 7.04. The summed E-state index contributed by atoms with van der Waals surface area (Å²) < 4.78 is 45.0. The van der Waals surface area contributed by atoms with Gasteiger partial charge in [0.1, 0.15) is 5.75 Å². The molecule has 1 aliphatic carbocycles. The molecule has 2 atom stereocenters. The largest absolute Gasteiger partial charge is 0.496 e. The van der Waals surface area contributed by atoms with Gasteiger partial charge < -0.3 is 10.1 Å². The van der Waals surface area contributed by atoms with Crippen LogP contribution in [0.15, 0.2) is 22.7 Å². The summed E-state index contributed by atoms with van der Waals surface area (Å²) >= 11 is 3.38. The summed E-state index contributed by atoms with van der Waals surface area (Å²) in [4.78, 5) is 0. The summed E-state index contributed by atoms with van der Waals surface area (Å²) in [7, 11) is 1.58. The van der Waals surface area contributed by atoms with Crippen molar-refractivity contribution in [3.63, 3.8) is 0 Å². The molecule has 2 unspecified atom stereocenters. The van der Waals surface area contributed by atoms with E-state index in [2.05, 4.69) is 21.2 Å². The number of methoxy groups -OCH3 is 1. The lowest BCUT2D eigenvalue weighted by Crippen LogP contribution is -2.45. The smallest absolute Gasteiger partial charge is 0.393 e. The van der Waals surface area contributed by atoms with Gasteiger partial charge in [-0.1, -0.05) is 18.9 Å². The van der Waals surface area contributed by atoms with Crippen LogP contribution in [0.2, 0.25) is 0 Å². The Kier molecular flexibility index (Phi) is 5.54. The van der Waals surface area contributed by atoms with Crippen LogP contribution in [0, 0.1) is 5.92 Å². The fourth-order valence-corrected chi connectivity index (χ4v) is 3.42. The summed E-state index contributed by atoms with van der Waals surface area (Å²) in [6.45, 7) is 0.430. The van der Waals surface area contributed by atoms with Gasteiger partial charge in [-0.25, -0.2) is 0 Å². The van der Waals surface area contributed by atoms with Crippen LogP contribution in [-0.2, 0) is 6.54 Å². The lowest BCUT2D eigenvalue weighted by Gasteiger charge is -2.33. The van der Waals surface area contributed by atoms with E-state index >= 15 is 0 Å². The van der Waals surface area contributed by atoms with E-state index in [4.69, 9.17) is 4.74 Å².